The second kappa shape index (κ2) is 6.96. The van der Waals surface area contributed by atoms with Crippen molar-refractivity contribution < 1.29 is 17.9 Å². The zero-order valence-corrected chi connectivity index (χ0v) is 12.7. The molecule has 0 aliphatic rings. The van der Waals surface area contributed by atoms with Gasteiger partial charge in [-0.15, -0.1) is 12.6 Å². The van der Waals surface area contributed by atoms with Crippen molar-refractivity contribution in [2.45, 2.75) is 36.3 Å². The van der Waals surface area contributed by atoms with Crippen LogP contribution in [-0.2, 0) is 14.6 Å². The summed E-state index contributed by atoms with van der Waals surface area (Å²) in [6.45, 7) is 1.66. The molecule has 0 saturated carbocycles. The Bertz CT molecular complexity index is 520. The molecule has 0 heterocycles. The average molecular weight is 302 g/mol. The first-order valence-corrected chi connectivity index (χ1v) is 7.97. The van der Waals surface area contributed by atoms with Crippen LogP contribution in [0.5, 0.6) is 5.75 Å². The third kappa shape index (κ3) is 4.54. The molecule has 0 spiro atoms. The lowest BCUT2D eigenvalue weighted by molar-refractivity contribution is -0.110. The Morgan fingerprint density at radius 3 is 2.37 bits per heavy atom. The van der Waals surface area contributed by atoms with Crippen molar-refractivity contribution in [1.82, 2.24) is 0 Å². The van der Waals surface area contributed by atoms with E-state index in [0.717, 1.165) is 0 Å². The van der Waals surface area contributed by atoms with Gasteiger partial charge >= 0.3 is 0 Å². The molecule has 0 bridgehead atoms. The Morgan fingerprint density at radius 2 is 1.89 bits per heavy atom. The Balaban J connectivity index is 2.75. The molecular weight excluding hydrogens is 284 g/mol. The number of sulfone groups is 1. The van der Waals surface area contributed by atoms with E-state index in [0.29, 0.717) is 25.0 Å². The highest BCUT2D eigenvalue weighted by Gasteiger charge is 2.22. The number of ether oxygens (including phenoxy) is 1. The molecule has 0 amide bonds. The minimum Gasteiger partial charge on any atom is -0.497 e. The molecule has 1 aromatic rings. The summed E-state index contributed by atoms with van der Waals surface area (Å²) in [5.74, 6) is 0.618. The highest BCUT2D eigenvalue weighted by molar-refractivity contribution is 7.96. The number of methoxy groups -OCH3 is 1. The molecule has 106 valence electrons. The van der Waals surface area contributed by atoms with Crippen LogP contribution >= 0.6 is 12.6 Å². The molecule has 19 heavy (non-hydrogen) atoms. The Hall–Kier alpha value is -1.01. The molecule has 0 saturated heterocycles. The molecule has 0 radical (unpaired) electrons. The summed E-state index contributed by atoms with van der Waals surface area (Å²) < 4.78 is 29.5. The summed E-state index contributed by atoms with van der Waals surface area (Å²) in [7, 11) is -1.83. The molecule has 0 aromatic heterocycles. The molecule has 1 aromatic carbocycles. The fourth-order valence-corrected chi connectivity index (χ4v) is 3.31. The first kappa shape index (κ1) is 16.0. The maximum atomic E-state index is 12.3. The van der Waals surface area contributed by atoms with E-state index in [2.05, 4.69) is 12.6 Å². The second-order valence-electron chi connectivity index (χ2n) is 4.32. The lowest BCUT2D eigenvalue weighted by Crippen LogP contribution is -2.18. The molecule has 1 unspecified atom stereocenters. The van der Waals surface area contributed by atoms with Gasteiger partial charge in [-0.25, -0.2) is 8.42 Å². The summed E-state index contributed by atoms with van der Waals surface area (Å²) in [5.41, 5.74) is 0. The van der Waals surface area contributed by atoms with E-state index in [9.17, 15) is 13.2 Å². The van der Waals surface area contributed by atoms with Gasteiger partial charge in [-0.3, -0.25) is 4.79 Å². The highest BCUT2D eigenvalue weighted by atomic mass is 32.2. The Morgan fingerprint density at radius 1 is 1.32 bits per heavy atom. The molecule has 1 rings (SSSR count). The molecule has 0 fully saturated rings. The van der Waals surface area contributed by atoms with Crippen LogP contribution in [0.25, 0.3) is 0 Å². The minimum absolute atomic E-state index is 0.214. The lowest BCUT2D eigenvalue weighted by atomic mass is 10.2. The first-order valence-electron chi connectivity index (χ1n) is 5.97. The number of hydrogen-bond donors (Lipinski definition) is 1. The van der Waals surface area contributed by atoms with Crippen molar-refractivity contribution in [1.29, 1.82) is 0 Å². The van der Waals surface area contributed by atoms with Gasteiger partial charge in [-0.05, 0) is 44.0 Å². The average Bonchev–Trinajstić information content (AvgIpc) is 2.38. The van der Waals surface area contributed by atoms with Gasteiger partial charge in [-0.1, -0.05) is 0 Å². The maximum Gasteiger partial charge on any atom is 0.185 e. The SMILES string of the molecule is COc1ccc(S(=O)(=O)C(C)CCCC(=O)S)cc1. The Labute approximate surface area is 119 Å². The van der Waals surface area contributed by atoms with Crippen molar-refractivity contribution >= 4 is 27.6 Å². The standard InChI is InChI=1S/C13H18O4S2/c1-10(4-3-5-13(14)18)19(15,16)12-8-6-11(17-2)7-9-12/h6-10H,3-5H2,1-2H3,(H,14,18). The van der Waals surface area contributed by atoms with Crippen molar-refractivity contribution in [3.63, 3.8) is 0 Å². The highest BCUT2D eigenvalue weighted by Crippen LogP contribution is 2.22. The molecular formula is C13H18O4S2. The van der Waals surface area contributed by atoms with E-state index < -0.39 is 15.1 Å². The fraction of sp³-hybridized carbons (Fsp3) is 0.462. The molecule has 1 atom stereocenters. The number of thiol groups is 1. The van der Waals surface area contributed by atoms with Crippen LogP contribution in [-0.4, -0.2) is 25.9 Å². The largest absolute Gasteiger partial charge is 0.497 e. The quantitative estimate of drug-likeness (QED) is 0.786. The predicted octanol–water partition coefficient (Wildman–Crippen LogP) is 2.48. The number of carbonyl (C=O) groups excluding carboxylic acids is 1. The molecule has 0 N–H and O–H groups in total. The van der Waals surface area contributed by atoms with Gasteiger partial charge in [0.25, 0.3) is 0 Å². The van der Waals surface area contributed by atoms with E-state index in [4.69, 9.17) is 4.74 Å². The molecule has 0 aliphatic carbocycles. The van der Waals surface area contributed by atoms with Gasteiger partial charge in [0.1, 0.15) is 5.75 Å². The smallest absolute Gasteiger partial charge is 0.185 e. The van der Waals surface area contributed by atoms with Crippen LogP contribution in [0, 0.1) is 0 Å². The van der Waals surface area contributed by atoms with E-state index >= 15 is 0 Å². The van der Waals surface area contributed by atoms with E-state index in [1.807, 2.05) is 0 Å². The third-order valence-corrected chi connectivity index (χ3v) is 5.37. The van der Waals surface area contributed by atoms with Gasteiger partial charge in [0, 0.05) is 6.42 Å². The normalized spacial score (nSPS) is 13.0. The van der Waals surface area contributed by atoms with E-state index in [-0.39, 0.29) is 10.0 Å². The summed E-state index contributed by atoms with van der Waals surface area (Å²) in [5, 5.41) is -0.734. The van der Waals surface area contributed by atoms with Crippen LogP contribution in [0.15, 0.2) is 29.2 Å². The van der Waals surface area contributed by atoms with Crippen molar-refractivity contribution in [2.24, 2.45) is 0 Å². The van der Waals surface area contributed by atoms with Crippen LogP contribution < -0.4 is 4.74 Å². The maximum absolute atomic E-state index is 12.3. The summed E-state index contributed by atoms with van der Waals surface area (Å²) >= 11 is 3.66. The van der Waals surface area contributed by atoms with Gasteiger partial charge < -0.3 is 4.74 Å². The summed E-state index contributed by atoms with van der Waals surface area (Å²) in [4.78, 5) is 11.0. The number of benzene rings is 1. The molecule has 0 aliphatic heterocycles. The van der Waals surface area contributed by atoms with E-state index in [1.54, 1.807) is 19.1 Å². The minimum atomic E-state index is -3.35. The fourth-order valence-electron chi connectivity index (χ4n) is 1.69. The van der Waals surface area contributed by atoms with Crippen molar-refractivity contribution in [3.8, 4) is 5.75 Å². The van der Waals surface area contributed by atoms with E-state index in [1.165, 1.54) is 19.2 Å². The number of carbonyl (C=O) groups is 1. The number of rotatable bonds is 7. The summed E-state index contributed by atoms with van der Waals surface area (Å²) in [6, 6.07) is 6.32. The van der Waals surface area contributed by atoms with Gasteiger partial charge in [-0.2, -0.15) is 0 Å². The first-order chi connectivity index (χ1) is 8.87. The summed E-state index contributed by atoms with van der Waals surface area (Å²) in [6.07, 6.45) is 1.27. The van der Waals surface area contributed by atoms with Crippen molar-refractivity contribution in [2.75, 3.05) is 7.11 Å². The van der Waals surface area contributed by atoms with Gasteiger partial charge in [0.15, 0.2) is 15.0 Å². The topological polar surface area (TPSA) is 60.4 Å². The van der Waals surface area contributed by atoms with Crippen LogP contribution in [0.1, 0.15) is 26.2 Å². The molecule has 6 heteroatoms. The third-order valence-electron chi connectivity index (χ3n) is 2.92. The zero-order valence-electron chi connectivity index (χ0n) is 11.0. The zero-order chi connectivity index (χ0) is 14.5. The second-order valence-corrected chi connectivity index (χ2v) is 7.18. The van der Waals surface area contributed by atoms with Crippen LogP contribution in [0.3, 0.4) is 0 Å². The molecule has 4 nitrogen and oxygen atoms in total. The number of hydrogen-bond acceptors (Lipinski definition) is 4. The lowest BCUT2D eigenvalue weighted by Gasteiger charge is -2.12. The van der Waals surface area contributed by atoms with Crippen LogP contribution in [0.4, 0.5) is 0 Å². The predicted molar refractivity (Wildman–Crippen MR) is 77.5 cm³/mol. The Kier molecular flexibility index (Phi) is 5.87. The van der Waals surface area contributed by atoms with Gasteiger partial charge in [0.2, 0.25) is 0 Å². The monoisotopic (exact) mass is 302 g/mol. The van der Waals surface area contributed by atoms with Crippen molar-refractivity contribution in [3.05, 3.63) is 24.3 Å². The van der Waals surface area contributed by atoms with Crippen LogP contribution in [0.2, 0.25) is 0 Å². The van der Waals surface area contributed by atoms with Gasteiger partial charge in [0.05, 0.1) is 17.3 Å².